The van der Waals surface area contributed by atoms with E-state index in [1.807, 2.05) is 6.26 Å². The quantitative estimate of drug-likeness (QED) is 0.753. The van der Waals surface area contributed by atoms with Crippen LogP contribution >= 0.6 is 11.8 Å². The lowest BCUT2D eigenvalue weighted by Crippen LogP contribution is -2.29. The highest BCUT2D eigenvalue weighted by Crippen LogP contribution is 2.21. The number of rotatable bonds is 6. The zero-order chi connectivity index (χ0) is 16.1. The summed E-state index contributed by atoms with van der Waals surface area (Å²) in [6, 6.07) is 3.06. The molecule has 0 aromatic heterocycles. The summed E-state index contributed by atoms with van der Waals surface area (Å²) in [5.41, 5.74) is 0.105. The van der Waals surface area contributed by atoms with Crippen LogP contribution in [-0.4, -0.2) is 41.7 Å². The van der Waals surface area contributed by atoms with Gasteiger partial charge in [-0.25, -0.2) is 8.78 Å². The Morgan fingerprint density at radius 3 is 2.73 bits per heavy atom. The standard InChI is InChI=1S/C16H19F2NO2S/c1-22-10-11-6-7-19(9-11)16(21)5-4-15(20)12-2-3-13(17)14(18)8-12/h2-3,8,11H,4-7,9-10H2,1H3/t11-/m0/s1. The highest BCUT2D eigenvalue weighted by molar-refractivity contribution is 7.98. The lowest BCUT2D eigenvalue weighted by molar-refractivity contribution is -0.130. The Bertz CT molecular complexity index is 565. The van der Waals surface area contributed by atoms with E-state index in [0.717, 1.165) is 37.4 Å². The maximum absolute atomic E-state index is 13.1. The predicted molar refractivity (Wildman–Crippen MR) is 83.0 cm³/mol. The first-order valence-corrected chi connectivity index (χ1v) is 8.65. The largest absolute Gasteiger partial charge is 0.342 e. The van der Waals surface area contributed by atoms with Crippen LogP contribution in [-0.2, 0) is 4.79 Å². The molecule has 6 heteroatoms. The van der Waals surface area contributed by atoms with Gasteiger partial charge in [0.05, 0.1) is 0 Å². The number of halogens is 2. The van der Waals surface area contributed by atoms with Crippen LogP contribution in [0.3, 0.4) is 0 Å². The fourth-order valence-electron chi connectivity index (χ4n) is 2.62. The number of ketones is 1. The van der Waals surface area contributed by atoms with Crippen molar-refractivity contribution in [3.63, 3.8) is 0 Å². The molecule has 1 fully saturated rings. The van der Waals surface area contributed by atoms with Crippen LogP contribution in [0.5, 0.6) is 0 Å². The van der Waals surface area contributed by atoms with Crippen molar-refractivity contribution in [3.8, 4) is 0 Å². The van der Waals surface area contributed by atoms with Gasteiger partial charge in [0.25, 0.3) is 0 Å². The molecule has 3 nitrogen and oxygen atoms in total. The molecule has 1 amide bonds. The third-order valence-corrected chi connectivity index (χ3v) is 4.65. The molecule has 1 aromatic rings. The van der Waals surface area contributed by atoms with E-state index in [4.69, 9.17) is 0 Å². The highest BCUT2D eigenvalue weighted by Gasteiger charge is 2.26. The van der Waals surface area contributed by atoms with Crippen molar-refractivity contribution in [1.82, 2.24) is 4.90 Å². The minimum absolute atomic E-state index is 0.0214. The van der Waals surface area contributed by atoms with E-state index in [9.17, 15) is 18.4 Å². The number of benzene rings is 1. The lowest BCUT2D eigenvalue weighted by Gasteiger charge is -2.16. The summed E-state index contributed by atoms with van der Waals surface area (Å²) in [6.07, 6.45) is 3.19. The summed E-state index contributed by atoms with van der Waals surface area (Å²) in [7, 11) is 0. The smallest absolute Gasteiger partial charge is 0.223 e. The number of hydrogen-bond acceptors (Lipinski definition) is 3. The first kappa shape index (κ1) is 16.9. The van der Waals surface area contributed by atoms with Gasteiger partial charge in [0.2, 0.25) is 5.91 Å². The van der Waals surface area contributed by atoms with Crippen molar-refractivity contribution in [2.75, 3.05) is 25.1 Å². The van der Waals surface area contributed by atoms with Crippen molar-refractivity contribution < 1.29 is 18.4 Å². The van der Waals surface area contributed by atoms with E-state index in [2.05, 4.69) is 0 Å². The molecule has 120 valence electrons. The molecule has 1 aromatic carbocycles. The van der Waals surface area contributed by atoms with Gasteiger partial charge in [-0.3, -0.25) is 9.59 Å². The van der Waals surface area contributed by atoms with E-state index in [0.29, 0.717) is 5.92 Å². The van der Waals surface area contributed by atoms with E-state index >= 15 is 0 Å². The van der Waals surface area contributed by atoms with E-state index in [-0.39, 0.29) is 30.1 Å². The Kier molecular flexibility index (Phi) is 5.94. The molecular formula is C16H19F2NO2S. The van der Waals surface area contributed by atoms with Gasteiger partial charge in [-0.2, -0.15) is 11.8 Å². The molecule has 0 bridgehead atoms. The Morgan fingerprint density at radius 2 is 2.05 bits per heavy atom. The molecule has 0 radical (unpaired) electrons. The Labute approximate surface area is 133 Å². The fraction of sp³-hybridized carbons (Fsp3) is 0.500. The monoisotopic (exact) mass is 327 g/mol. The van der Waals surface area contributed by atoms with Crippen molar-refractivity contribution >= 4 is 23.5 Å². The van der Waals surface area contributed by atoms with E-state index < -0.39 is 11.6 Å². The summed E-state index contributed by atoms with van der Waals surface area (Å²) < 4.78 is 25.9. The number of carbonyl (C=O) groups is 2. The van der Waals surface area contributed by atoms with Gasteiger partial charge in [-0.15, -0.1) is 0 Å². The number of Topliss-reactive ketones (excluding diaryl/α,β-unsaturated/α-hetero) is 1. The summed E-state index contributed by atoms with van der Waals surface area (Å²) >= 11 is 1.77. The maximum atomic E-state index is 13.1. The van der Waals surface area contributed by atoms with Crippen molar-refractivity contribution in [2.24, 2.45) is 5.92 Å². The van der Waals surface area contributed by atoms with Crippen LogP contribution in [0.1, 0.15) is 29.6 Å². The topological polar surface area (TPSA) is 37.4 Å². The van der Waals surface area contributed by atoms with E-state index in [1.165, 1.54) is 6.07 Å². The van der Waals surface area contributed by atoms with Crippen molar-refractivity contribution in [2.45, 2.75) is 19.3 Å². The van der Waals surface area contributed by atoms with Crippen molar-refractivity contribution in [3.05, 3.63) is 35.4 Å². The second kappa shape index (κ2) is 7.72. The van der Waals surface area contributed by atoms with Crippen LogP contribution < -0.4 is 0 Å². The number of nitrogens with zero attached hydrogens (tertiary/aromatic N) is 1. The zero-order valence-electron chi connectivity index (χ0n) is 12.5. The van der Waals surface area contributed by atoms with Gasteiger partial charge in [0.1, 0.15) is 0 Å². The SMILES string of the molecule is CSC[C@H]1CCN(C(=O)CCC(=O)c2ccc(F)c(F)c2)C1. The van der Waals surface area contributed by atoms with Crippen LogP contribution in [0.25, 0.3) is 0 Å². The molecule has 1 atom stereocenters. The molecule has 2 rings (SSSR count). The Morgan fingerprint density at radius 1 is 1.27 bits per heavy atom. The third-order valence-electron chi connectivity index (χ3n) is 3.85. The first-order chi connectivity index (χ1) is 10.5. The van der Waals surface area contributed by atoms with Crippen LogP contribution in [0.15, 0.2) is 18.2 Å². The first-order valence-electron chi connectivity index (χ1n) is 7.26. The second-order valence-electron chi connectivity index (χ2n) is 5.50. The Hall–Kier alpha value is -1.43. The predicted octanol–water partition coefficient (Wildman–Crippen LogP) is 3.14. The third kappa shape index (κ3) is 4.29. The summed E-state index contributed by atoms with van der Waals surface area (Å²) in [5.74, 6) is -0.842. The molecule has 1 heterocycles. The van der Waals surface area contributed by atoms with Gasteiger partial charge in [0, 0.05) is 31.5 Å². The molecular weight excluding hydrogens is 308 g/mol. The molecule has 1 aliphatic rings. The lowest BCUT2D eigenvalue weighted by atomic mass is 10.1. The van der Waals surface area contributed by atoms with Gasteiger partial charge in [-0.1, -0.05) is 0 Å². The number of thioether (sulfide) groups is 1. The van der Waals surface area contributed by atoms with Crippen LogP contribution in [0.4, 0.5) is 8.78 Å². The number of likely N-dealkylation sites (tertiary alicyclic amines) is 1. The molecule has 0 saturated carbocycles. The highest BCUT2D eigenvalue weighted by atomic mass is 32.2. The molecule has 22 heavy (non-hydrogen) atoms. The average molecular weight is 327 g/mol. The fourth-order valence-corrected chi connectivity index (χ4v) is 3.37. The van der Waals surface area contributed by atoms with Crippen molar-refractivity contribution in [1.29, 1.82) is 0 Å². The number of amides is 1. The number of hydrogen-bond donors (Lipinski definition) is 0. The Balaban J connectivity index is 1.83. The van der Waals surface area contributed by atoms with Gasteiger partial charge < -0.3 is 4.90 Å². The average Bonchev–Trinajstić information content (AvgIpc) is 2.96. The molecule has 0 unspecified atom stereocenters. The van der Waals surface area contributed by atoms with Crippen LogP contribution in [0, 0.1) is 17.6 Å². The normalized spacial score (nSPS) is 17.8. The maximum Gasteiger partial charge on any atom is 0.223 e. The molecule has 0 N–H and O–H groups in total. The summed E-state index contributed by atoms with van der Waals surface area (Å²) in [5, 5.41) is 0. The van der Waals surface area contributed by atoms with Gasteiger partial charge in [0.15, 0.2) is 17.4 Å². The van der Waals surface area contributed by atoms with E-state index in [1.54, 1.807) is 16.7 Å². The minimum Gasteiger partial charge on any atom is -0.342 e. The molecule has 1 saturated heterocycles. The minimum atomic E-state index is -1.04. The second-order valence-corrected chi connectivity index (χ2v) is 6.41. The summed E-state index contributed by atoms with van der Waals surface area (Å²) in [4.78, 5) is 25.8. The van der Waals surface area contributed by atoms with Crippen LogP contribution in [0.2, 0.25) is 0 Å². The summed E-state index contributed by atoms with van der Waals surface area (Å²) in [6.45, 7) is 1.49. The molecule has 0 spiro atoms. The molecule has 0 aliphatic carbocycles. The molecule has 1 aliphatic heterocycles. The van der Waals surface area contributed by atoms with Gasteiger partial charge >= 0.3 is 0 Å². The number of carbonyl (C=O) groups excluding carboxylic acids is 2. The zero-order valence-corrected chi connectivity index (χ0v) is 13.3. The van der Waals surface area contributed by atoms with Gasteiger partial charge in [-0.05, 0) is 42.5 Å².